The van der Waals surface area contributed by atoms with Crippen molar-refractivity contribution in [3.8, 4) is 5.75 Å². The normalized spacial score (nSPS) is 15.4. The third kappa shape index (κ3) is 6.80. The van der Waals surface area contributed by atoms with Crippen LogP contribution < -0.4 is 9.46 Å². The number of nitrogens with one attached hydrogen (secondary N) is 1. The van der Waals surface area contributed by atoms with Crippen molar-refractivity contribution in [3.63, 3.8) is 0 Å². The first-order valence-corrected chi connectivity index (χ1v) is 12.9. The van der Waals surface area contributed by atoms with E-state index in [9.17, 15) is 18.0 Å². The molecule has 2 aromatic rings. The van der Waals surface area contributed by atoms with Gasteiger partial charge in [0.05, 0.1) is 24.3 Å². The first-order chi connectivity index (χ1) is 16.3. The summed E-state index contributed by atoms with van der Waals surface area (Å²) in [7, 11) is -2.60. The molecule has 3 rings (SSSR count). The van der Waals surface area contributed by atoms with E-state index in [1.165, 1.54) is 19.2 Å². The van der Waals surface area contributed by atoms with E-state index in [-0.39, 0.29) is 30.4 Å². The van der Waals surface area contributed by atoms with E-state index in [2.05, 4.69) is 4.72 Å². The Labute approximate surface area is 200 Å². The number of aliphatic carboxylic acids is 1. The summed E-state index contributed by atoms with van der Waals surface area (Å²) in [5, 5.41) is 8.88. The molecular weight excluding hydrogens is 458 g/mol. The third-order valence-corrected chi connectivity index (χ3v) is 7.61. The summed E-state index contributed by atoms with van der Waals surface area (Å²) >= 11 is 0. The maximum atomic E-state index is 13.4. The van der Waals surface area contributed by atoms with Gasteiger partial charge in [0.2, 0.25) is 10.0 Å². The van der Waals surface area contributed by atoms with E-state index in [0.29, 0.717) is 11.3 Å². The Hall–Kier alpha value is -2.91. The minimum absolute atomic E-state index is 0.0640. The molecule has 0 heterocycles. The lowest BCUT2D eigenvalue weighted by Gasteiger charge is -2.30. The van der Waals surface area contributed by atoms with Crippen LogP contribution in [0.3, 0.4) is 0 Å². The maximum Gasteiger partial charge on any atom is 0.314 e. The van der Waals surface area contributed by atoms with Crippen LogP contribution in [0.1, 0.15) is 55.6 Å². The highest BCUT2D eigenvalue weighted by Gasteiger charge is 2.36. The predicted octanol–water partition coefficient (Wildman–Crippen LogP) is 3.86. The van der Waals surface area contributed by atoms with Gasteiger partial charge < -0.3 is 14.6 Å². The highest BCUT2D eigenvalue weighted by atomic mass is 32.2. The van der Waals surface area contributed by atoms with E-state index in [1.807, 2.05) is 30.3 Å². The minimum atomic E-state index is -4.07. The lowest BCUT2D eigenvalue weighted by Crippen LogP contribution is -2.31. The van der Waals surface area contributed by atoms with Crippen LogP contribution in [0.5, 0.6) is 5.75 Å². The number of carbonyl (C=O) groups is 2. The van der Waals surface area contributed by atoms with Crippen LogP contribution in [0.15, 0.2) is 53.4 Å². The Balaban J connectivity index is 1.97. The lowest BCUT2D eigenvalue weighted by molar-refractivity contribution is -0.148. The van der Waals surface area contributed by atoms with E-state index in [4.69, 9.17) is 14.6 Å². The second-order valence-electron chi connectivity index (χ2n) is 8.41. The fourth-order valence-electron chi connectivity index (χ4n) is 4.37. The van der Waals surface area contributed by atoms with Crippen molar-refractivity contribution in [1.82, 2.24) is 4.72 Å². The Morgan fingerprint density at radius 2 is 1.79 bits per heavy atom. The summed E-state index contributed by atoms with van der Waals surface area (Å²) in [6, 6.07) is 13.8. The quantitative estimate of drug-likeness (QED) is 0.460. The number of carboxylic acids is 1. The topological polar surface area (TPSA) is 119 Å². The lowest BCUT2D eigenvalue weighted by atomic mass is 9.76. The second kappa shape index (κ2) is 12.0. The number of carbonyl (C=O) groups excluding carboxylic acids is 1. The fourth-order valence-corrected chi connectivity index (χ4v) is 5.64. The zero-order valence-corrected chi connectivity index (χ0v) is 20.1. The molecule has 9 heteroatoms. The van der Waals surface area contributed by atoms with Gasteiger partial charge in [-0.3, -0.25) is 9.59 Å². The van der Waals surface area contributed by atoms with Gasteiger partial charge in [0, 0.05) is 6.54 Å². The molecule has 0 amide bonds. The minimum Gasteiger partial charge on any atom is -0.497 e. The molecule has 184 valence electrons. The number of esters is 1. The molecule has 0 radical (unpaired) electrons. The summed E-state index contributed by atoms with van der Waals surface area (Å²) in [4.78, 5) is 24.2. The molecule has 0 aliphatic heterocycles. The molecule has 0 aromatic heterocycles. The molecule has 0 bridgehead atoms. The van der Waals surface area contributed by atoms with Gasteiger partial charge in [-0.05, 0) is 48.1 Å². The Morgan fingerprint density at radius 1 is 1.09 bits per heavy atom. The number of carboxylic acid groups (broad SMARTS) is 1. The molecule has 1 aliphatic rings. The maximum absolute atomic E-state index is 13.4. The van der Waals surface area contributed by atoms with Gasteiger partial charge in [0.15, 0.2) is 0 Å². The first kappa shape index (κ1) is 25.7. The molecule has 1 fully saturated rings. The van der Waals surface area contributed by atoms with E-state index < -0.39 is 27.9 Å². The van der Waals surface area contributed by atoms with Gasteiger partial charge in [-0.15, -0.1) is 0 Å². The van der Waals surface area contributed by atoms with Crippen LogP contribution in [0, 0.1) is 5.92 Å². The largest absolute Gasteiger partial charge is 0.497 e. The fraction of sp³-hybridized carbons (Fsp3) is 0.440. The number of ether oxygens (including phenoxy) is 2. The van der Waals surface area contributed by atoms with E-state index in [0.717, 1.165) is 37.7 Å². The highest BCUT2D eigenvalue weighted by Crippen LogP contribution is 2.40. The summed E-state index contributed by atoms with van der Waals surface area (Å²) < 4.78 is 39.6. The van der Waals surface area contributed by atoms with Crippen molar-refractivity contribution >= 4 is 22.0 Å². The summed E-state index contributed by atoms with van der Waals surface area (Å²) in [5.74, 6) is -2.02. The van der Waals surface area contributed by atoms with E-state index in [1.54, 1.807) is 6.07 Å². The number of benzene rings is 2. The molecule has 1 aliphatic carbocycles. The molecule has 8 nitrogen and oxygen atoms in total. The van der Waals surface area contributed by atoms with Gasteiger partial charge in [0.1, 0.15) is 12.4 Å². The van der Waals surface area contributed by atoms with Crippen LogP contribution in [-0.4, -0.2) is 39.1 Å². The van der Waals surface area contributed by atoms with Crippen LogP contribution in [0.2, 0.25) is 0 Å². The van der Waals surface area contributed by atoms with Crippen molar-refractivity contribution < 1.29 is 32.6 Å². The molecule has 1 saturated carbocycles. The van der Waals surface area contributed by atoms with Crippen molar-refractivity contribution in [2.75, 3.05) is 13.7 Å². The number of methoxy groups -OCH3 is 1. The number of rotatable bonds is 11. The van der Waals surface area contributed by atoms with Crippen LogP contribution >= 0.6 is 0 Å². The zero-order chi connectivity index (χ0) is 24.6. The first-order valence-electron chi connectivity index (χ1n) is 11.4. The highest BCUT2D eigenvalue weighted by molar-refractivity contribution is 7.89. The van der Waals surface area contributed by atoms with E-state index >= 15 is 0 Å². The Kier molecular flexibility index (Phi) is 9.06. The van der Waals surface area contributed by atoms with Crippen LogP contribution in [0.4, 0.5) is 0 Å². The average molecular weight is 490 g/mol. The monoisotopic (exact) mass is 489 g/mol. The van der Waals surface area contributed by atoms with Crippen molar-refractivity contribution in [2.24, 2.45) is 5.92 Å². The summed E-state index contributed by atoms with van der Waals surface area (Å²) in [5.41, 5.74) is 1.15. The standard InChI is InChI=1S/C25H31NO7S/c1-32-20-12-13-22(34(30,31)26-15-14-23(27)28)21(16-20)24(19-10-6-3-7-11-19)25(29)33-17-18-8-4-2-5-9-18/h2,4-5,8-9,12-13,16,19,24,26H,3,6-7,10-11,14-15,17H2,1H3,(H,27,28). The molecule has 2 aromatic carbocycles. The molecular formula is C25H31NO7S. The number of hydrogen-bond donors (Lipinski definition) is 2. The average Bonchev–Trinajstić information content (AvgIpc) is 2.83. The Morgan fingerprint density at radius 3 is 2.44 bits per heavy atom. The molecule has 34 heavy (non-hydrogen) atoms. The number of sulfonamides is 1. The molecule has 1 atom stereocenters. The summed E-state index contributed by atoms with van der Waals surface area (Å²) in [6.07, 6.45) is 4.20. The summed E-state index contributed by atoms with van der Waals surface area (Å²) in [6.45, 7) is -0.165. The second-order valence-corrected chi connectivity index (χ2v) is 10.1. The van der Waals surface area contributed by atoms with Crippen molar-refractivity contribution in [1.29, 1.82) is 0 Å². The van der Waals surface area contributed by atoms with Crippen molar-refractivity contribution in [3.05, 3.63) is 59.7 Å². The molecule has 0 spiro atoms. The van der Waals surface area contributed by atoms with Gasteiger partial charge in [0.25, 0.3) is 0 Å². The molecule has 2 N–H and O–H groups in total. The van der Waals surface area contributed by atoms with Gasteiger partial charge >= 0.3 is 11.9 Å². The third-order valence-electron chi connectivity index (χ3n) is 6.07. The zero-order valence-electron chi connectivity index (χ0n) is 19.2. The molecule has 0 saturated heterocycles. The van der Waals surface area contributed by atoms with Crippen LogP contribution in [0.25, 0.3) is 0 Å². The number of hydrogen-bond acceptors (Lipinski definition) is 6. The Bertz CT molecular complexity index is 1080. The van der Waals surface area contributed by atoms with Crippen LogP contribution in [-0.2, 0) is 31.0 Å². The smallest absolute Gasteiger partial charge is 0.314 e. The van der Waals surface area contributed by atoms with Gasteiger partial charge in [-0.1, -0.05) is 49.6 Å². The van der Waals surface area contributed by atoms with Crippen molar-refractivity contribution in [2.45, 2.75) is 55.9 Å². The van der Waals surface area contributed by atoms with Gasteiger partial charge in [-0.25, -0.2) is 13.1 Å². The van der Waals surface area contributed by atoms with Gasteiger partial charge in [-0.2, -0.15) is 0 Å². The predicted molar refractivity (Wildman–Crippen MR) is 126 cm³/mol. The SMILES string of the molecule is COc1ccc(S(=O)(=O)NCCC(=O)O)c(C(C(=O)OCc2ccccc2)C2CCCCC2)c1. The molecule has 1 unspecified atom stereocenters.